The molecule has 2 rings (SSSR count). The van der Waals surface area contributed by atoms with E-state index in [9.17, 15) is 14.9 Å². The molecule has 0 aliphatic carbocycles. The van der Waals surface area contributed by atoms with Crippen molar-refractivity contribution in [2.75, 3.05) is 0 Å². The van der Waals surface area contributed by atoms with Gasteiger partial charge in [-0.15, -0.1) is 0 Å². The Morgan fingerprint density at radius 3 is 2.75 bits per heavy atom. The van der Waals surface area contributed by atoms with E-state index < -0.39 is 10.9 Å². The predicted molar refractivity (Wildman–Crippen MR) is 69.1 cm³/mol. The zero-order valence-electron chi connectivity index (χ0n) is 10.4. The van der Waals surface area contributed by atoms with Crippen molar-refractivity contribution >= 4 is 11.7 Å². The number of pyridine rings is 1. The molecule has 7 nitrogen and oxygen atoms in total. The van der Waals surface area contributed by atoms with E-state index in [1.807, 2.05) is 0 Å². The lowest BCUT2D eigenvalue weighted by atomic mass is 10.2. The molecule has 0 amide bonds. The number of benzene rings is 1. The topological polar surface area (TPSA) is 103 Å². The van der Waals surface area contributed by atoms with E-state index in [1.54, 1.807) is 19.1 Å². The van der Waals surface area contributed by atoms with Gasteiger partial charge in [-0.05, 0) is 25.1 Å². The first-order valence-corrected chi connectivity index (χ1v) is 5.59. The molecule has 1 aromatic heterocycles. The number of carboxylic acid groups (broad SMARTS) is 1. The summed E-state index contributed by atoms with van der Waals surface area (Å²) in [7, 11) is 0. The van der Waals surface area contributed by atoms with Gasteiger partial charge in [-0.1, -0.05) is 6.07 Å². The van der Waals surface area contributed by atoms with Gasteiger partial charge in [0.2, 0.25) is 5.88 Å². The van der Waals surface area contributed by atoms with Gasteiger partial charge in [-0.3, -0.25) is 10.1 Å². The molecule has 0 unspecified atom stereocenters. The lowest BCUT2D eigenvalue weighted by Gasteiger charge is -2.07. The summed E-state index contributed by atoms with van der Waals surface area (Å²) in [5, 5.41) is 19.5. The molecule has 0 atom stereocenters. The number of carbonyl (C=O) groups is 1. The monoisotopic (exact) mass is 274 g/mol. The van der Waals surface area contributed by atoms with Gasteiger partial charge in [0.1, 0.15) is 11.9 Å². The van der Waals surface area contributed by atoms with Gasteiger partial charge in [-0.2, -0.15) is 0 Å². The van der Waals surface area contributed by atoms with Gasteiger partial charge in [0.25, 0.3) is 5.69 Å². The molecule has 0 saturated carbocycles. The summed E-state index contributed by atoms with van der Waals surface area (Å²) in [4.78, 5) is 24.8. The summed E-state index contributed by atoms with van der Waals surface area (Å²) >= 11 is 0. The quantitative estimate of drug-likeness (QED) is 0.679. The molecule has 1 aromatic carbocycles. The van der Waals surface area contributed by atoms with E-state index in [2.05, 4.69) is 4.98 Å². The molecule has 0 saturated heterocycles. The Balaban J connectivity index is 2.28. The van der Waals surface area contributed by atoms with Crippen LogP contribution in [0.3, 0.4) is 0 Å². The molecule has 0 aliphatic heterocycles. The van der Waals surface area contributed by atoms with E-state index in [1.165, 1.54) is 18.2 Å². The van der Waals surface area contributed by atoms with Crippen molar-refractivity contribution < 1.29 is 19.6 Å². The number of aromatic carboxylic acids is 1. The van der Waals surface area contributed by atoms with Crippen LogP contribution in [-0.2, 0) is 0 Å². The Morgan fingerprint density at radius 2 is 2.15 bits per heavy atom. The number of aryl methyl sites for hydroxylation is 1. The second-order valence-corrected chi connectivity index (χ2v) is 4.01. The molecule has 0 radical (unpaired) electrons. The molecular weight excluding hydrogens is 264 g/mol. The van der Waals surface area contributed by atoms with E-state index in [0.29, 0.717) is 11.3 Å². The zero-order chi connectivity index (χ0) is 14.7. The number of carboxylic acids is 1. The smallest absolute Gasteiger partial charge is 0.335 e. The second-order valence-electron chi connectivity index (χ2n) is 4.01. The minimum atomic E-state index is -1.07. The molecule has 0 fully saturated rings. The summed E-state index contributed by atoms with van der Waals surface area (Å²) < 4.78 is 5.44. The summed E-state index contributed by atoms with van der Waals surface area (Å²) in [5.41, 5.74) is 0.441. The normalized spacial score (nSPS) is 10.1. The van der Waals surface area contributed by atoms with E-state index in [-0.39, 0.29) is 17.1 Å². The molecule has 2 aromatic rings. The van der Waals surface area contributed by atoms with Gasteiger partial charge in [-0.25, -0.2) is 9.78 Å². The van der Waals surface area contributed by atoms with Crippen LogP contribution in [-0.4, -0.2) is 21.0 Å². The highest BCUT2D eigenvalue weighted by molar-refractivity contribution is 5.88. The maximum atomic E-state index is 10.8. The van der Waals surface area contributed by atoms with Crippen molar-refractivity contribution in [2.24, 2.45) is 0 Å². The van der Waals surface area contributed by atoms with Crippen molar-refractivity contribution in [2.45, 2.75) is 6.92 Å². The molecule has 0 bridgehead atoms. The van der Waals surface area contributed by atoms with Crippen molar-refractivity contribution in [3.8, 4) is 11.6 Å². The Morgan fingerprint density at radius 1 is 1.40 bits per heavy atom. The molecule has 0 aliphatic rings. The van der Waals surface area contributed by atoms with Crippen LogP contribution < -0.4 is 4.74 Å². The minimum Gasteiger partial charge on any atom is -0.478 e. The maximum Gasteiger partial charge on any atom is 0.335 e. The van der Waals surface area contributed by atoms with Gasteiger partial charge in [0.05, 0.1) is 10.5 Å². The zero-order valence-corrected chi connectivity index (χ0v) is 10.4. The molecule has 102 valence electrons. The molecule has 20 heavy (non-hydrogen) atoms. The fourth-order valence-corrected chi connectivity index (χ4v) is 1.56. The highest BCUT2D eigenvalue weighted by Crippen LogP contribution is 2.25. The second kappa shape index (κ2) is 5.35. The number of nitro groups is 1. The number of hydrogen-bond donors (Lipinski definition) is 1. The van der Waals surface area contributed by atoms with Gasteiger partial charge >= 0.3 is 5.97 Å². The van der Waals surface area contributed by atoms with Crippen LogP contribution in [0, 0.1) is 17.0 Å². The van der Waals surface area contributed by atoms with E-state index in [0.717, 1.165) is 6.20 Å². The van der Waals surface area contributed by atoms with Crippen LogP contribution in [0.1, 0.15) is 15.9 Å². The molecule has 0 spiro atoms. The Labute approximate surface area is 113 Å². The summed E-state index contributed by atoms with van der Waals surface area (Å²) in [6.45, 7) is 1.62. The number of hydrogen-bond acceptors (Lipinski definition) is 5. The fraction of sp³-hybridized carbons (Fsp3) is 0.0769. The van der Waals surface area contributed by atoms with Crippen LogP contribution in [0.25, 0.3) is 0 Å². The standard InChI is InChI=1S/C13H10N2O5/c1-8-5-10(15(18)19)7-14-12(8)20-11-4-2-3-9(6-11)13(16)17/h2-7H,1H3,(H,16,17). The summed E-state index contributed by atoms with van der Waals surface area (Å²) in [6.07, 6.45) is 1.09. The molecular formula is C13H10N2O5. The van der Waals surface area contributed by atoms with Crippen LogP contribution in [0.5, 0.6) is 11.6 Å². The number of aromatic nitrogens is 1. The van der Waals surface area contributed by atoms with Gasteiger partial charge in [0, 0.05) is 11.6 Å². The minimum absolute atomic E-state index is 0.0852. The number of rotatable bonds is 4. The predicted octanol–water partition coefficient (Wildman–Crippen LogP) is 2.79. The Hall–Kier alpha value is -2.96. The van der Waals surface area contributed by atoms with Crippen LogP contribution in [0.4, 0.5) is 5.69 Å². The SMILES string of the molecule is Cc1cc([N+](=O)[O-])cnc1Oc1cccc(C(=O)O)c1. The average Bonchev–Trinajstić information content (AvgIpc) is 2.41. The molecule has 7 heteroatoms. The Bertz CT molecular complexity index is 684. The Kier molecular flexibility index (Phi) is 3.60. The largest absolute Gasteiger partial charge is 0.478 e. The first kappa shape index (κ1) is 13.5. The van der Waals surface area contributed by atoms with Gasteiger partial charge < -0.3 is 9.84 Å². The highest BCUT2D eigenvalue weighted by atomic mass is 16.6. The van der Waals surface area contributed by atoms with Crippen molar-refractivity contribution in [1.29, 1.82) is 0 Å². The van der Waals surface area contributed by atoms with Crippen molar-refractivity contribution in [3.63, 3.8) is 0 Å². The van der Waals surface area contributed by atoms with Crippen LogP contribution >= 0.6 is 0 Å². The molecule has 1 N–H and O–H groups in total. The average molecular weight is 274 g/mol. The third-order valence-electron chi connectivity index (χ3n) is 2.52. The third-order valence-corrected chi connectivity index (χ3v) is 2.52. The highest BCUT2D eigenvalue weighted by Gasteiger charge is 2.12. The maximum absolute atomic E-state index is 10.8. The van der Waals surface area contributed by atoms with Crippen molar-refractivity contribution in [3.05, 3.63) is 57.8 Å². The summed E-state index contributed by atoms with van der Waals surface area (Å²) in [6, 6.07) is 7.24. The van der Waals surface area contributed by atoms with E-state index >= 15 is 0 Å². The first-order valence-electron chi connectivity index (χ1n) is 5.59. The lowest BCUT2D eigenvalue weighted by Crippen LogP contribution is -1.98. The first-order chi connectivity index (χ1) is 9.47. The van der Waals surface area contributed by atoms with E-state index in [4.69, 9.17) is 9.84 Å². The van der Waals surface area contributed by atoms with Crippen LogP contribution in [0.15, 0.2) is 36.5 Å². The van der Waals surface area contributed by atoms with Crippen molar-refractivity contribution in [1.82, 2.24) is 4.98 Å². The molecule has 1 heterocycles. The van der Waals surface area contributed by atoms with Crippen LogP contribution in [0.2, 0.25) is 0 Å². The number of nitrogens with zero attached hydrogens (tertiary/aromatic N) is 2. The summed E-state index contributed by atoms with van der Waals surface area (Å²) in [5.74, 6) is -0.573. The third kappa shape index (κ3) is 2.89. The fourth-order valence-electron chi connectivity index (χ4n) is 1.56. The van der Waals surface area contributed by atoms with Gasteiger partial charge in [0.15, 0.2) is 0 Å². The number of ether oxygens (including phenoxy) is 1. The lowest BCUT2D eigenvalue weighted by molar-refractivity contribution is -0.385.